The van der Waals surface area contributed by atoms with Crippen LogP contribution in [0, 0.1) is 29.1 Å². The van der Waals surface area contributed by atoms with Crippen LogP contribution in [0.2, 0.25) is 0 Å². The highest BCUT2D eigenvalue weighted by Gasteiger charge is 2.30. The fourth-order valence-electron chi connectivity index (χ4n) is 1.91. The van der Waals surface area contributed by atoms with Crippen molar-refractivity contribution in [1.29, 1.82) is 0 Å². The summed E-state index contributed by atoms with van der Waals surface area (Å²) in [6.45, 7) is 0. The number of halogens is 5. The first kappa shape index (κ1) is 14.5. The molecule has 20 heavy (non-hydrogen) atoms. The van der Waals surface area contributed by atoms with Crippen LogP contribution in [0.25, 0.3) is 0 Å². The summed E-state index contributed by atoms with van der Waals surface area (Å²) in [7, 11) is 1.35. The van der Waals surface area contributed by atoms with Crippen LogP contribution in [0.5, 0.6) is 0 Å². The second-order valence-electron chi connectivity index (χ2n) is 4.11. The van der Waals surface area contributed by atoms with Gasteiger partial charge in [-0.25, -0.2) is 22.0 Å². The monoisotopic (exact) mass is 291 g/mol. The Balaban J connectivity index is 2.49. The van der Waals surface area contributed by atoms with Crippen LogP contribution in [-0.2, 0) is 6.42 Å². The first-order valence-corrected chi connectivity index (χ1v) is 5.68. The fraction of sp³-hybridized carbons (Fsp3) is 0.231. The number of hydrogen-bond donors (Lipinski definition) is 1. The molecule has 0 aliphatic carbocycles. The van der Waals surface area contributed by atoms with Gasteiger partial charge in [-0.05, 0) is 19.2 Å². The molecule has 1 aromatic carbocycles. The topological polar surface area (TPSA) is 25.2 Å². The van der Waals surface area contributed by atoms with Crippen molar-refractivity contribution in [2.24, 2.45) is 0 Å². The molecular weight excluding hydrogens is 281 g/mol. The fourth-order valence-corrected chi connectivity index (χ4v) is 1.91. The molecule has 1 heterocycles. The number of rotatable bonds is 4. The molecule has 0 radical (unpaired) electrons. The van der Waals surface area contributed by atoms with E-state index in [-0.39, 0.29) is 6.42 Å². The van der Waals surface area contributed by atoms with E-state index in [1.165, 1.54) is 19.4 Å². The second-order valence-corrected chi connectivity index (χ2v) is 4.11. The molecule has 0 aliphatic heterocycles. The molecule has 0 bridgehead atoms. The molecule has 0 saturated heterocycles. The van der Waals surface area contributed by atoms with Crippen molar-refractivity contribution in [2.75, 3.05) is 7.05 Å². The van der Waals surface area contributed by atoms with E-state index in [0.717, 1.165) is 0 Å². The number of likely N-dealkylation sites (N-methyl/N-ethyl adjacent to an activating group) is 1. The number of benzene rings is 1. The maximum atomic E-state index is 13.7. The molecule has 108 valence electrons. The van der Waals surface area contributed by atoms with Crippen LogP contribution in [-0.4, -0.2) is 7.05 Å². The van der Waals surface area contributed by atoms with Crippen LogP contribution < -0.4 is 5.32 Å². The summed E-state index contributed by atoms with van der Waals surface area (Å²) in [6.07, 6.45) is 1.29. The molecule has 0 spiro atoms. The normalized spacial score (nSPS) is 12.7. The molecule has 0 fully saturated rings. The van der Waals surface area contributed by atoms with E-state index < -0.39 is 40.7 Å². The lowest BCUT2D eigenvalue weighted by Gasteiger charge is -2.18. The SMILES string of the molecule is CNC(Cc1ccco1)c1c(F)c(F)c(F)c(F)c1F. The van der Waals surface area contributed by atoms with Crippen molar-refractivity contribution in [3.63, 3.8) is 0 Å². The summed E-state index contributed by atoms with van der Waals surface area (Å²) in [5, 5.41) is 2.52. The Morgan fingerprint density at radius 1 is 1.00 bits per heavy atom. The van der Waals surface area contributed by atoms with Crippen molar-refractivity contribution in [1.82, 2.24) is 5.32 Å². The molecule has 2 nitrogen and oxygen atoms in total. The molecule has 2 rings (SSSR count). The molecule has 1 unspecified atom stereocenters. The summed E-state index contributed by atoms with van der Waals surface area (Å²) in [4.78, 5) is 0. The van der Waals surface area contributed by atoms with Crippen LogP contribution >= 0.6 is 0 Å². The van der Waals surface area contributed by atoms with Gasteiger partial charge in [0.1, 0.15) is 5.76 Å². The zero-order valence-corrected chi connectivity index (χ0v) is 10.3. The molecule has 7 heteroatoms. The Kier molecular flexibility index (Phi) is 4.08. The van der Waals surface area contributed by atoms with Crippen LogP contribution in [0.1, 0.15) is 17.4 Å². The first-order valence-electron chi connectivity index (χ1n) is 5.68. The summed E-state index contributed by atoms with van der Waals surface area (Å²) < 4.78 is 71.7. The van der Waals surface area contributed by atoms with Crippen molar-refractivity contribution >= 4 is 0 Å². The Bertz CT molecular complexity index is 583. The summed E-state index contributed by atoms with van der Waals surface area (Å²) >= 11 is 0. The lowest BCUT2D eigenvalue weighted by atomic mass is 10.0. The number of hydrogen-bond acceptors (Lipinski definition) is 2. The molecule has 1 aromatic heterocycles. The third kappa shape index (κ3) is 2.40. The van der Waals surface area contributed by atoms with E-state index in [9.17, 15) is 22.0 Å². The summed E-state index contributed by atoms with van der Waals surface area (Å²) in [5.41, 5.74) is -0.903. The molecule has 0 saturated carbocycles. The smallest absolute Gasteiger partial charge is 0.200 e. The van der Waals surface area contributed by atoms with E-state index in [2.05, 4.69) is 5.32 Å². The van der Waals surface area contributed by atoms with E-state index in [4.69, 9.17) is 4.42 Å². The van der Waals surface area contributed by atoms with Crippen LogP contribution in [0.15, 0.2) is 22.8 Å². The van der Waals surface area contributed by atoms with E-state index in [0.29, 0.717) is 5.76 Å². The Hall–Kier alpha value is -1.89. The third-order valence-electron chi connectivity index (χ3n) is 2.93. The molecule has 0 aliphatic rings. The van der Waals surface area contributed by atoms with Crippen molar-refractivity contribution in [3.8, 4) is 0 Å². The van der Waals surface area contributed by atoms with Crippen molar-refractivity contribution in [2.45, 2.75) is 12.5 Å². The largest absolute Gasteiger partial charge is 0.469 e. The van der Waals surface area contributed by atoms with Gasteiger partial charge in [0.25, 0.3) is 0 Å². The Morgan fingerprint density at radius 2 is 1.55 bits per heavy atom. The number of furan rings is 1. The van der Waals surface area contributed by atoms with Gasteiger partial charge in [0, 0.05) is 18.0 Å². The zero-order chi connectivity index (χ0) is 14.9. The lowest BCUT2D eigenvalue weighted by Crippen LogP contribution is -2.23. The molecule has 1 atom stereocenters. The highest BCUT2D eigenvalue weighted by Crippen LogP contribution is 2.29. The Morgan fingerprint density at radius 3 is 2.00 bits per heavy atom. The molecular formula is C13H10F5NO. The van der Waals surface area contributed by atoms with Gasteiger partial charge in [0.05, 0.1) is 6.26 Å². The first-order chi connectivity index (χ1) is 9.47. The average molecular weight is 291 g/mol. The van der Waals surface area contributed by atoms with Gasteiger partial charge in [-0.3, -0.25) is 0 Å². The van der Waals surface area contributed by atoms with Gasteiger partial charge in [0.2, 0.25) is 5.82 Å². The van der Waals surface area contributed by atoms with E-state index >= 15 is 0 Å². The molecule has 2 aromatic rings. The maximum absolute atomic E-state index is 13.7. The van der Waals surface area contributed by atoms with Crippen molar-refractivity contribution in [3.05, 3.63) is 58.8 Å². The van der Waals surface area contributed by atoms with Gasteiger partial charge in [-0.15, -0.1) is 0 Å². The molecule has 1 N–H and O–H groups in total. The minimum atomic E-state index is -2.17. The van der Waals surface area contributed by atoms with Crippen LogP contribution in [0.3, 0.4) is 0 Å². The predicted molar refractivity (Wildman–Crippen MR) is 60.4 cm³/mol. The minimum Gasteiger partial charge on any atom is -0.469 e. The van der Waals surface area contributed by atoms with Crippen LogP contribution in [0.4, 0.5) is 22.0 Å². The quantitative estimate of drug-likeness (QED) is 0.530. The summed E-state index contributed by atoms with van der Waals surface area (Å²) in [6, 6.07) is 1.99. The van der Waals surface area contributed by atoms with Gasteiger partial charge < -0.3 is 9.73 Å². The van der Waals surface area contributed by atoms with Gasteiger partial charge in [-0.1, -0.05) is 0 Å². The zero-order valence-electron chi connectivity index (χ0n) is 10.3. The van der Waals surface area contributed by atoms with Gasteiger partial charge in [-0.2, -0.15) is 0 Å². The second kappa shape index (κ2) is 5.62. The van der Waals surface area contributed by atoms with Crippen molar-refractivity contribution < 1.29 is 26.4 Å². The van der Waals surface area contributed by atoms with E-state index in [1.54, 1.807) is 6.07 Å². The van der Waals surface area contributed by atoms with Gasteiger partial charge >= 0.3 is 0 Å². The predicted octanol–water partition coefficient (Wildman–Crippen LogP) is 3.48. The Labute approximate surface area is 111 Å². The molecule has 0 amide bonds. The highest BCUT2D eigenvalue weighted by atomic mass is 19.2. The highest BCUT2D eigenvalue weighted by molar-refractivity contribution is 5.28. The maximum Gasteiger partial charge on any atom is 0.200 e. The van der Waals surface area contributed by atoms with Gasteiger partial charge in [0.15, 0.2) is 23.3 Å². The van der Waals surface area contributed by atoms with E-state index in [1.807, 2.05) is 0 Å². The third-order valence-corrected chi connectivity index (χ3v) is 2.93. The lowest BCUT2D eigenvalue weighted by molar-refractivity contribution is 0.354. The minimum absolute atomic E-state index is 0.0537. The number of nitrogens with one attached hydrogen (secondary N) is 1. The average Bonchev–Trinajstić information content (AvgIpc) is 2.95. The summed E-state index contributed by atoms with van der Waals surface area (Å²) in [5.74, 6) is -9.42. The standard InChI is InChI=1S/C13H10F5NO/c1-19-7(5-6-3-2-4-20-6)8-9(14)11(16)13(18)12(17)10(8)15/h2-4,7,19H,5H2,1H3.